The molecule has 1 N–H and O–H groups in total. The van der Waals surface area contributed by atoms with Gasteiger partial charge in [-0.15, -0.1) is 0 Å². The number of anilines is 1. The highest BCUT2D eigenvalue weighted by molar-refractivity contribution is 5.96. The minimum absolute atomic E-state index is 0.0131. The minimum atomic E-state index is -0.419. The predicted molar refractivity (Wildman–Crippen MR) is 71.2 cm³/mol. The molecule has 3 rings (SSSR count). The number of nitro benzene ring substituents is 1. The number of rotatable bonds is 2. The van der Waals surface area contributed by atoms with Crippen molar-refractivity contribution in [3.05, 3.63) is 40.6 Å². The molecule has 1 aliphatic heterocycles. The second-order valence-electron chi connectivity index (χ2n) is 4.65. The third-order valence-electron chi connectivity index (χ3n) is 3.43. The standard InChI is InChI=1S/C13H13N3O3/c17-9-5-7-15(8-9)11-4-6-14-13-10(11)2-1-3-12(13)16(18)19/h1-4,6,9,17H,5,7-8H2. The molecular weight excluding hydrogens is 246 g/mol. The highest BCUT2D eigenvalue weighted by atomic mass is 16.6. The summed E-state index contributed by atoms with van der Waals surface area (Å²) >= 11 is 0. The van der Waals surface area contributed by atoms with Gasteiger partial charge in [0.1, 0.15) is 5.52 Å². The fourth-order valence-corrected chi connectivity index (χ4v) is 2.53. The highest BCUT2D eigenvalue weighted by Crippen LogP contribution is 2.32. The van der Waals surface area contributed by atoms with Crippen molar-refractivity contribution < 1.29 is 10.0 Å². The first-order chi connectivity index (χ1) is 9.16. The fourth-order valence-electron chi connectivity index (χ4n) is 2.53. The summed E-state index contributed by atoms with van der Waals surface area (Å²) in [7, 11) is 0. The Morgan fingerprint density at radius 1 is 1.42 bits per heavy atom. The van der Waals surface area contributed by atoms with E-state index >= 15 is 0 Å². The van der Waals surface area contributed by atoms with E-state index in [4.69, 9.17) is 0 Å². The second kappa shape index (κ2) is 4.47. The SMILES string of the molecule is O=[N+]([O-])c1cccc2c(N3CCC(O)C3)ccnc12. The molecule has 1 aliphatic rings. The predicted octanol–water partition coefficient (Wildman–Crippen LogP) is 1.71. The molecule has 1 atom stereocenters. The average molecular weight is 259 g/mol. The molecule has 98 valence electrons. The number of nitrogens with zero attached hydrogens (tertiary/aromatic N) is 3. The molecular formula is C13H13N3O3. The molecule has 0 bridgehead atoms. The number of para-hydroxylation sites is 1. The molecule has 6 nitrogen and oxygen atoms in total. The summed E-state index contributed by atoms with van der Waals surface area (Å²) in [6.07, 6.45) is 1.97. The van der Waals surface area contributed by atoms with Crippen molar-refractivity contribution in [1.29, 1.82) is 0 Å². The normalized spacial score (nSPS) is 19.0. The van der Waals surface area contributed by atoms with Crippen molar-refractivity contribution in [3.8, 4) is 0 Å². The van der Waals surface area contributed by atoms with E-state index in [1.807, 2.05) is 17.0 Å². The van der Waals surface area contributed by atoms with E-state index in [-0.39, 0.29) is 11.8 Å². The molecule has 1 unspecified atom stereocenters. The van der Waals surface area contributed by atoms with Gasteiger partial charge < -0.3 is 10.0 Å². The lowest BCUT2D eigenvalue weighted by atomic mass is 10.1. The number of nitro groups is 1. The van der Waals surface area contributed by atoms with E-state index in [1.54, 1.807) is 12.3 Å². The van der Waals surface area contributed by atoms with Crippen LogP contribution in [-0.2, 0) is 0 Å². The third-order valence-corrected chi connectivity index (χ3v) is 3.43. The number of non-ortho nitro benzene ring substituents is 1. The van der Waals surface area contributed by atoms with Crippen LogP contribution in [0.5, 0.6) is 0 Å². The molecule has 0 radical (unpaired) electrons. The maximum Gasteiger partial charge on any atom is 0.295 e. The van der Waals surface area contributed by atoms with Gasteiger partial charge in [-0.25, -0.2) is 4.98 Å². The Morgan fingerprint density at radius 3 is 2.95 bits per heavy atom. The summed E-state index contributed by atoms with van der Waals surface area (Å²) in [4.78, 5) is 16.8. The van der Waals surface area contributed by atoms with E-state index in [0.717, 1.165) is 24.0 Å². The van der Waals surface area contributed by atoms with Crippen LogP contribution in [0.15, 0.2) is 30.5 Å². The summed E-state index contributed by atoms with van der Waals surface area (Å²) in [6, 6.07) is 6.79. The van der Waals surface area contributed by atoms with Crippen molar-refractivity contribution in [2.45, 2.75) is 12.5 Å². The lowest BCUT2D eigenvalue weighted by Crippen LogP contribution is -2.21. The van der Waals surface area contributed by atoms with E-state index in [2.05, 4.69) is 4.98 Å². The van der Waals surface area contributed by atoms with Crippen molar-refractivity contribution in [2.24, 2.45) is 0 Å². The van der Waals surface area contributed by atoms with Crippen molar-refractivity contribution in [1.82, 2.24) is 4.98 Å². The molecule has 2 heterocycles. The smallest absolute Gasteiger partial charge is 0.295 e. The molecule has 0 saturated carbocycles. The number of aliphatic hydroxyl groups is 1. The lowest BCUT2D eigenvalue weighted by Gasteiger charge is -2.19. The highest BCUT2D eigenvalue weighted by Gasteiger charge is 2.23. The second-order valence-corrected chi connectivity index (χ2v) is 4.65. The van der Waals surface area contributed by atoms with Crippen LogP contribution >= 0.6 is 0 Å². The summed E-state index contributed by atoms with van der Waals surface area (Å²) in [5.41, 5.74) is 1.30. The molecule has 1 aromatic carbocycles. The number of β-amino-alcohol motifs (C(OH)–C–C–N with tert-alkyl or cyclic N) is 1. The van der Waals surface area contributed by atoms with Gasteiger partial charge in [-0.2, -0.15) is 0 Å². The molecule has 6 heteroatoms. The summed E-state index contributed by atoms with van der Waals surface area (Å²) in [5.74, 6) is 0. The van der Waals surface area contributed by atoms with Gasteiger partial charge >= 0.3 is 0 Å². The van der Waals surface area contributed by atoms with Gasteiger partial charge in [0, 0.05) is 36.4 Å². The Hall–Kier alpha value is -2.21. The van der Waals surface area contributed by atoms with Gasteiger partial charge in [0.05, 0.1) is 11.0 Å². The van der Waals surface area contributed by atoms with Crippen LogP contribution in [0.2, 0.25) is 0 Å². The number of fused-ring (bicyclic) bond motifs is 1. The minimum Gasteiger partial charge on any atom is -0.391 e. The average Bonchev–Trinajstić information content (AvgIpc) is 2.83. The van der Waals surface area contributed by atoms with Gasteiger partial charge in [-0.1, -0.05) is 12.1 Å². The van der Waals surface area contributed by atoms with Crippen LogP contribution in [0.3, 0.4) is 0 Å². The molecule has 2 aromatic rings. The zero-order valence-electron chi connectivity index (χ0n) is 10.2. The van der Waals surface area contributed by atoms with E-state index in [0.29, 0.717) is 12.1 Å². The van der Waals surface area contributed by atoms with E-state index in [9.17, 15) is 15.2 Å². The maximum atomic E-state index is 11.0. The van der Waals surface area contributed by atoms with Crippen molar-refractivity contribution >= 4 is 22.3 Å². The molecule has 0 spiro atoms. The first kappa shape index (κ1) is 11.9. The number of hydrogen-bond donors (Lipinski definition) is 1. The Morgan fingerprint density at radius 2 is 2.26 bits per heavy atom. The van der Waals surface area contributed by atoms with Crippen molar-refractivity contribution in [2.75, 3.05) is 18.0 Å². The molecule has 1 saturated heterocycles. The summed E-state index contributed by atoms with van der Waals surface area (Å²) < 4.78 is 0. The first-order valence-electron chi connectivity index (χ1n) is 6.12. The number of aromatic nitrogens is 1. The van der Waals surface area contributed by atoms with Gasteiger partial charge in [0.15, 0.2) is 0 Å². The molecule has 1 aromatic heterocycles. The van der Waals surface area contributed by atoms with Crippen LogP contribution in [0.1, 0.15) is 6.42 Å². The number of aliphatic hydroxyl groups excluding tert-OH is 1. The monoisotopic (exact) mass is 259 g/mol. The Bertz CT molecular complexity index is 644. The number of pyridine rings is 1. The van der Waals surface area contributed by atoms with Gasteiger partial charge in [0.25, 0.3) is 5.69 Å². The van der Waals surface area contributed by atoms with Crippen LogP contribution < -0.4 is 4.90 Å². The molecule has 19 heavy (non-hydrogen) atoms. The van der Waals surface area contributed by atoms with E-state index in [1.165, 1.54) is 6.07 Å². The van der Waals surface area contributed by atoms with Gasteiger partial charge in [-0.3, -0.25) is 10.1 Å². The molecule has 0 aliphatic carbocycles. The molecule has 1 fully saturated rings. The van der Waals surface area contributed by atoms with Crippen LogP contribution in [0, 0.1) is 10.1 Å². The van der Waals surface area contributed by atoms with Crippen LogP contribution in [0.25, 0.3) is 10.9 Å². The maximum absolute atomic E-state index is 11.0. The third kappa shape index (κ3) is 2.00. The topological polar surface area (TPSA) is 79.5 Å². The van der Waals surface area contributed by atoms with E-state index < -0.39 is 4.92 Å². The lowest BCUT2D eigenvalue weighted by molar-refractivity contribution is -0.383. The Kier molecular flexibility index (Phi) is 2.79. The van der Waals surface area contributed by atoms with Crippen molar-refractivity contribution in [3.63, 3.8) is 0 Å². The number of benzene rings is 1. The number of hydrogen-bond acceptors (Lipinski definition) is 5. The quantitative estimate of drug-likeness (QED) is 0.656. The Balaban J connectivity index is 2.16. The molecule has 0 amide bonds. The van der Waals surface area contributed by atoms with Crippen LogP contribution in [0.4, 0.5) is 11.4 Å². The zero-order valence-corrected chi connectivity index (χ0v) is 10.2. The Labute approximate surface area is 109 Å². The van der Waals surface area contributed by atoms with Gasteiger partial charge in [-0.05, 0) is 12.5 Å². The van der Waals surface area contributed by atoms with Crippen LogP contribution in [-0.4, -0.2) is 34.2 Å². The largest absolute Gasteiger partial charge is 0.391 e. The van der Waals surface area contributed by atoms with Gasteiger partial charge in [0.2, 0.25) is 0 Å². The first-order valence-corrected chi connectivity index (χ1v) is 6.12. The zero-order chi connectivity index (χ0) is 13.4. The fraction of sp³-hybridized carbons (Fsp3) is 0.308. The summed E-state index contributed by atoms with van der Waals surface area (Å²) in [5, 5.41) is 21.4. The summed E-state index contributed by atoms with van der Waals surface area (Å²) in [6.45, 7) is 1.31.